The minimum absolute atomic E-state index is 0.0453. The van der Waals surface area contributed by atoms with Crippen LogP contribution in [-0.2, 0) is 4.79 Å². The number of nitrogens with zero attached hydrogens (tertiary/aromatic N) is 2. The third-order valence-corrected chi connectivity index (χ3v) is 5.53. The van der Waals surface area contributed by atoms with Crippen LogP contribution in [0.3, 0.4) is 0 Å². The zero-order valence-corrected chi connectivity index (χ0v) is 13.8. The maximum absolute atomic E-state index is 12.5. The van der Waals surface area contributed by atoms with Crippen LogP contribution in [0.15, 0.2) is 24.3 Å². The van der Waals surface area contributed by atoms with Gasteiger partial charge in [-0.3, -0.25) is 9.69 Å². The number of rotatable bonds is 3. The maximum atomic E-state index is 12.5. The number of likely N-dealkylation sites (tertiary alicyclic amines) is 1. The Balaban J connectivity index is 1.57. The predicted octanol–water partition coefficient (Wildman–Crippen LogP) is 3.40. The summed E-state index contributed by atoms with van der Waals surface area (Å²) in [5.74, 6) is 1.71. The molecule has 0 unspecified atom stereocenters. The highest BCUT2D eigenvalue weighted by Crippen LogP contribution is 2.36. The van der Waals surface area contributed by atoms with Crippen LogP contribution in [0, 0.1) is 23.2 Å². The number of piperidine rings is 1. The van der Waals surface area contributed by atoms with Crippen LogP contribution >= 0.6 is 0 Å². The molecule has 4 nitrogen and oxygen atoms in total. The van der Waals surface area contributed by atoms with Crippen LogP contribution in [0.1, 0.15) is 44.6 Å². The van der Waals surface area contributed by atoms with Gasteiger partial charge >= 0.3 is 0 Å². The average Bonchev–Trinajstić information content (AvgIpc) is 2.61. The summed E-state index contributed by atoms with van der Waals surface area (Å²) in [6.45, 7) is 4.10. The highest BCUT2D eigenvalue weighted by Gasteiger charge is 2.34. The van der Waals surface area contributed by atoms with Gasteiger partial charge in [0.2, 0.25) is 5.91 Å². The molecule has 4 heteroatoms. The second-order valence-corrected chi connectivity index (χ2v) is 6.94. The average molecular weight is 311 g/mol. The molecule has 1 heterocycles. The van der Waals surface area contributed by atoms with E-state index in [2.05, 4.69) is 16.3 Å². The molecule has 0 bridgehead atoms. The smallest absolute Gasteiger partial charge is 0.241 e. The molecule has 23 heavy (non-hydrogen) atoms. The van der Waals surface area contributed by atoms with E-state index in [1.54, 1.807) is 24.3 Å². The molecule has 1 aliphatic heterocycles. The highest BCUT2D eigenvalue weighted by molar-refractivity contribution is 5.94. The van der Waals surface area contributed by atoms with Crippen molar-refractivity contribution in [1.29, 1.82) is 5.26 Å². The Morgan fingerprint density at radius 1 is 1.22 bits per heavy atom. The van der Waals surface area contributed by atoms with Gasteiger partial charge in [-0.2, -0.15) is 5.26 Å². The number of amides is 1. The number of hydrogen-bond acceptors (Lipinski definition) is 3. The first-order valence-electron chi connectivity index (χ1n) is 8.72. The molecule has 2 aliphatic rings. The van der Waals surface area contributed by atoms with Gasteiger partial charge in [0.25, 0.3) is 0 Å². The number of fused-ring (bicyclic) bond motifs is 1. The fourth-order valence-corrected chi connectivity index (χ4v) is 4.02. The first-order chi connectivity index (χ1) is 11.2. The summed E-state index contributed by atoms with van der Waals surface area (Å²) >= 11 is 0. The van der Waals surface area contributed by atoms with Crippen LogP contribution in [0.25, 0.3) is 0 Å². The molecule has 1 saturated carbocycles. The molecule has 1 aliphatic carbocycles. The first-order valence-corrected chi connectivity index (χ1v) is 8.72. The van der Waals surface area contributed by atoms with Crippen LogP contribution in [0.2, 0.25) is 0 Å². The molecule has 0 radical (unpaired) electrons. The number of nitriles is 1. The molecule has 2 fully saturated rings. The summed E-state index contributed by atoms with van der Waals surface area (Å²) < 4.78 is 0. The fourth-order valence-electron chi connectivity index (χ4n) is 4.02. The minimum Gasteiger partial charge on any atom is -0.325 e. The van der Waals surface area contributed by atoms with E-state index in [-0.39, 0.29) is 11.9 Å². The Labute approximate surface area is 138 Å². The lowest BCUT2D eigenvalue weighted by molar-refractivity contribution is -0.122. The lowest BCUT2D eigenvalue weighted by Crippen LogP contribution is -2.49. The molecule has 122 valence electrons. The maximum Gasteiger partial charge on any atom is 0.241 e. The van der Waals surface area contributed by atoms with E-state index in [0.717, 1.165) is 30.6 Å². The van der Waals surface area contributed by atoms with Crippen molar-refractivity contribution in [3.63, 3.8) is 0 Å². The van der Waals surface area contributed by atoms with Gasteiger partial charge in [0.15, 0.2) is 0 Å². The molecule has 1 N–H and O–H groups in total. The van der Waals surface area contributed by atoms with Crippen molar-refractivity contribution >= 4 is 11.6 Å². The summed E-state index contributed by atoms with van der Waals surface area (Å²) in [6.07, 6.45) is 6.67. The van der Waals surface area contributed by atoms with Crippen molar-refractivity contribution in [1.82, 2.24) is 4.90 Å². The van der Waals surface area contributed by atoms with E-state index in [1.165, 1.54) is 32.1 Å². The molecule has 0 aromatic heterocycles. The number of anilines is 1. The summed E-state index contributed by atoms with van der Waals surface area (Å²) in [4.78, 5) is 14.8. The van der Waals surface area contributed by atoms with Crippen LogP contribution < -0.4 is 5.32 Å². The second-order valence-electron chi connectivity index (χ2n) is 6.94. The van der Waals surface area contributed by atoms with Crippen molar-refractivity contribution in [3.05, 3.63) is 29.8 Å². The second kappa shape index (κ2) is 7.14. The first kappa shape index (κ1) is 16.0. The topological polar surface area (TPSA) is 56.1 Å². The quantitative estimate of drug-likeness (QED) is 0.931. The van der Waals surface area contributed by atoms with Crippen LogP contribution in [0.5, 0.6) is 0 Å². The summed E-state index contributed by atoms with van der Waals surface area (Å²) in [5.41, 5.74) is 1.36. The van der Waals surface area contributed by atoms with Gasteiger partial charge in [-0.25, -0.2) is 0 Å². The SMILES string of the molecule is C[C@H](C(=O)Nc1ccc(C#N)cc1)N1CC[C@H]2CCCC[C@H]2C1. The van der Waals surface area contributed by atoms with E-state index >= 15 is 0 Å². The monoisotopic (exact) mass is 311 g/mol. The fraction of sp³-hybridized carbons (Fsp3) is 0.579. The Morgan fingerprint density at radius 2 is 1.91 bits per heavy atom. The van der Waals surface area contributed by atoms with E-state index in [4.69, 9.17) is 5.26 Å². The number of carbonyl (C=O) groups excluding carboxylic acids is 1. The van der Waals surface area contributed by atoms with Gasteiger partial charge in [0.05, 0.1) is 17.7 Å². The number of hydrogen-bond donors (Lipinski definition) is 1. The lowest BCUT2D eigenvalue weighted by Gasteiger charge is -2.43. The van der Waals surface area contributed by atoms with Crippen molar-refractivity contribution in [2.24, 2.45) is 11.8 Å². The van der Waals surface area contributed by atoms with Gasteiger partial charge in [-0.1, -0.05) is 19.3 Å². The summed E-state index contributed by atoms with van der Waals surface area (Å²) in [6, 6.07) is 9.02. The Morgan fingerprint density at radius 3 is 2.61 bits per heavy atom. The van der Waals surface area contributed by atoms with Crippen molar-refractivity contribution < 1.29 is 4.79 Å². The van der Waals surface area contributed by atoms with Gasteiger partial charge in [-0.05, 0) is 62.4 Å². The van der Waals surface area contributed by atoms with Crippen LogP contribution in [-0.4, -0.2) is 29.9 Å². The zero-order valence-electron chi connectivity index (χ0n) is 13.8. The molecular formula is C19H25N3O. The van der Waals surface area contributed by atoms with E-state index in [1.807, 2.05) is 6.92 Å². The van der Waals surface area contributed by atoms with Crippen LogP contribution in [0.4, 0.5) is 5.69 Å². The predicted molar refractivity (Wildman–Crippen MR) is 90.9 cm³/mol. The minimum atomic E-state index is -0.103. The molecule has 1 aromatic rings. The third-order valence-electron chi connectivity index (χ3n) is 5.53. The molecule has 0 spiro atoms. The Hall–Kier alpha value is -1.86. The standard InChI is InChI=1S/C19H25N3O/c1-14(19(23)21-18-8-6-15(12-20)7-9-18)22-11-10-16-4-2-3-5-17(16)13-22/h6-9,14,16-17H,2-5,10-11,13H2,1H3,(H,21,23)/t14-,16-,17+/m1/s1. The van der Waals surface area contributed by atoms with E-state index in [9.17, 15) is 4.79 Å². The normalized spacial score (nSPS) is 25.9. The number of carbonyl (C=O) groups is 1. The van der Waals surface area contributed by atoms with Gasteiger partial charge in [0, 0.05) is 12.2 Å². The van der Waals surface area contributed by atoms with Gasteiger partial charge in [-0.15, -0.1) is 0 Å². The van der Waals surface area contributed by atoms with E-state index in [0.29, 0.717) is 5.56 Å². The van der Waals surface area contributed by atoms with Crippen molar-refractivity contribution in [3.8, 4) is 6.07 Å². The van der Waals surface area contributed by atoms with Gasteiger partial charge < -0.3 is 5.32 Å². The van der Waals surface area contributed by atoms with Gasteiger partial charge in [0.1, 0.15) is 0 Å². The number of nitrogens with one attached hydrogen (secondary N) is 1. The third kappa shape index (κ3) is 3.73. The molecule has 1 aromatic carbocycles. The molecule has 3 atom stereocenters. The number of benzene rings is 1. The molecular weight excluding hydrogens is 286 g/mol. The largest absolute Gasteiger partial charge is 0.325 e. The Bertz CT molecular complexity index is 590. The molecule has 1 saturated heterocycles. The van der Waals surface area contributed by atoms with E-state index < -0.39 is 0 Å². The lowest BCUT2D eigenvalue weighted by atomic mass is 9.75. The highest BCUT2D eigenvalue weighted by atomic mass is 16.2. The summed E-state index contributed by atoms with van der Waals surface area (Å²) in [5, 5.41) is 11.8. The molecule has 3 rings (SSSR count). The van der Waals surface area contributed by atoms with Crippen molar-refractivity contribution in [2.75, 3.05) is 18.4 Å². The van der Waals surface area contributed by atoms with Crippen molar-refractivity contribution in [2.45, 2.75) is 45.1 Å². The Kier molecular flexibility index (Phi) is 4.97. The summed E-state index contributed by atoms with van der Waals surface area (Å²) in [7, 11) is 0. The molecule has 1 amide bonds. The zero-order chi connectivity index (χ0) is 16.2.